The Labute approximate surface area is 105 Å². The number of hydrogen-bond donors (Lipinski definition) is 2. The summed E-state index contributed by atoms with van der Waals surface area (Å²) in [6.07, 6.45) is 0.824. The van der Waals surface area contributed by atoms with Gasteiger partial charge in [0, 0.05) is 12.8 Å². The highest BCUT2D eigenvalue weighted by Gasteiger charge is 2.26. The number of rotatable bonds is 2. The van der Waals surface area contributed by atoms with Gasteiger partial charge >= 0.3 is 0 Å². The molecule has 0 bridgehead atoms. The van der Waals surface area contributed by atoms with Crippen LogP contribution in [0.25, 0.3) is 0 Å². The zero-order chi connectivity index (χ0) is 12.5. The van der Waals surface area contributed by atoms with E-state index in [1.165, 1.54) is 0 Å². The quantitative estimate of drug-likeness (QED) is 0.727. The lowest BCUT2D eigenvalue weighted by Gasteiger charge is -2.27. The summed E-state index contributed by atoms with van der Waals surface area (Å²) in [5, 5.41) is 18.2. The molecule has 0 aromatic carbocycles. The molecule has 0 saturated carbocycles. The van der Waals surface area contributed by atoms with E-state index in [-0.39, 0.29) is 25.4 Å². The second-order valence-electron chi connectivity index (χ2n) is 4.65. The van der Waals surface area contributed by atoms with Gasteiger partial charge in [-0.1, -0.05) is 0 Å². The Morgan fingerprint density at radius 2 is 1.28 bits per heavy atom. The van der Waals surface area contributed by atoms with Crippen molar-refractivity contribution < 1.29 is 19.7 Å². The summed E-state index contributed by atoms with van der Waals surface area (Å²) in [7, 11) is 0. The largest absolute Gasteiger partial charge is 0.394 e. The summed E-state index contributed by atoms with van der Waals surface area (Å²) < 4.78 is 10.9. The maximum atomic E-state index is 9.10. The lowest BCUT2D eigenvalue weighted by molar-refractivity contribution is -0.0175. The minimum atomic E-state index is -0.181. The van der Waals surface area contributed by atoms with Crippen LogP contribution in [0.5, 0.6) is 0 Å². The van der Waals surface area contributed by atoms with E-state index in [0.717, 1.165) is 22.8 Å². The van der Waals surface area contributed by atoms with E-state index >= 15 is 0 Å². The Morgan fingerprint density at radius 1 is 0.833 bits per heavy atom. The molecule has 0 spiro atoms. The van der Waals surface area contributed by atoms with Crippen LogP contribution in [-0.4, -0.2) is 45.6 Å². The Bertz CT molecular complexity index is 410. The first-order valence-corrected chi connectivity index (χ1v) is 6.12. The second-order valence-corrected chi connectivity index (χ2v) is 4.65. The molecule has 0 saturated heterocycles. The summed E-state index contributed by atoms with van der Waals surface area (Å²) in [6, 6.07) is 0. The van der Waals surface area contributed by atoms with Crippen LogP contribution in [0, 0.1) is 0 Å². The van der Waals surface area contributed by atoms with Crippen LogP contribution in [0.15, 0.2) is 0 Å². The van der Waals surface area contributed by atoms with Crippen molar-refractivity contribution in [2.24, 2.45) is 0 Å². The highest BCUT2D eigenvalue weighted by atomic mass is 16.5. The molecule has 0 unspecified atom stereocenters. The van der Waals surface area contributed by atoms with Gasteiger partial charge in [-0.15, -0.1) is 0 Å². The fourth-order valence-corrected chi connectivity index (χ4v) is 2.32. The lowest BCUT2D eigenvalue weighted by Crippen LogP contribution is -2.32. The van der Waals surface area contributed by atoms with E-state index in [1.807, 2.05) is 0 Å². The van der Waals surface area contributed by atoms with Crippen LogP contribution in [0.2, 0.25) is 0 Å². The first-order chi connectivity index (χ1) is 8.80. The summed E-state index contributed by atoms with van der Waals surface area (Å²) in [5.74, 6) is 0. The first-order valence-electron chi connectivity index (χ1n) is 6.12. The zero-order valence-electron chi connectivity index (χ0n) is 10.0. The smallest absolute Gasteiger partial charge is 0.0911 e. The topological polar surface area (TPSA) is 84.7 Å². The third kappa shape index (κ3) is 2.12. The third-order valence-electron chi connectivity index (χ3n) is 3.37. The number of ether oxygens (including phenoxy) is 2. The minimum absolute atomic E-state index is 0.00128. The third-order valence-corrected chi connectivity index (χ3v) is 3.37. The number of nitrogens with zero attached hydrogens (tertiary/aromatic N) is 2. The summed E-state index contributed by atoms with van der Waals surface area (Å²) >= 11 is 0. The molecule has 0 amide bonds. The Morgan fingerprint density at radius 3 is 1.67 bits per heavy atom. The van der Waals surface area contributed by atoms with Crippen LogP contribution in [0.4, 0.5) is 0 Å². The predicted octanol–water partition coefficient (Wildman–Crippen LogP) is -0.656. The Balaban J connectivity index is 1.88. The molecule has 2 aliphatic rings. The molecule has 0 radical (unpaired) electrons. The number of hydrogen-bond acceptors (Lipinski definition) is 6. The number of fused-ring (bicyclic) bond motifs is 2. The van der Waals surface area contributed by atoms with Crippen LogP contribution >= 0.6 is 0 Å². The lowest BCUT2D eigenvalue weighted by atomic mass is 10.1. The molecule has 2 aliphatic heterocycles. The summed E-state index contributed by atoms with van der Waals surface area (Å²) in [5.41, 5.74) is 3.48. The van der Waals surface area contributed by atoms with Gasteiger partial charge in [-0.05, 0) is 0 Å². The fraction of sp³-hybridized carbons (Fsp3) is 0.667. The number of aromatic nitrogens is 2. The van der Waals surface area contributed by atoms with Crippen molar-refractivity contribution >= 4 is 0 Å². The normalized spacial score (nSPS) is 26.6. The van der Waals surface area contributed by atoms with Gasteiger partial charge < -0.3 is 19.7 Å². The molecular formula is C12H16N2O4. The van der Waals surface area contributed by atoms with Crippen molar-refractivity contribution in [2.75, 3.05) is 13.2 Å². The van der Waals surface area contributed by atoms with Crippen LogP contribution in [-0.2, 0) is 35.5 Å². The van der Waals surface area contributed by atoms with Crippen molar-refractivity contribution in [3.8, 4) is 0 Å². The second kappa shape index (κ2) is 4.89. The van der Waals surface area contributed by atoms with Crippen molar-refractivity contribution in [2.45, 2.75) is 38.3 Å². The molecule has 0 fully saturated rings. The molecular weight excluding hydrogens is 236 g/mol. The number of aliphatic hydroxyl groups is 2. The molecule has 18 heavy (non-hydrogen) atoms. The van der Waals surface area contributed by atoms with E-state index in [4.69, 9.17) is 19.7 Å². The van der Waals surface area contributed by atoms with Gasteiger partial charge in [0.15, 0.2) is 0 Å². The summed E-state index contributed by atoms with van der Waals surface area (Å²) in [4.78, 5) is 9.12. The van der Waals surface area contributed by atoms with Crippen LogP contribution in [0.3, 0.4) is 0 Å². The van der Waals surface area contributed by atoms with Crippen LogP contribution < -0.4 is 0 Å². The van der Waals surface area contributed by atoms with Gasteiger partial charge in [0.25, 0.3) is 0 Å². The van der Waals surface area contributed by atoms with Gasteiger partial charge in [-0.25, -0.2) is 0 Å². The molecule has 6 nitrogen and oxygen atoms in total. The highest BCUT2D eigenvalue weighted by Crippen LogP contribution is 2.23. The van der Waals surface area contributed by atoms with Gasteiger partial charge in [0.2, 0.25) is 0 Å². The predicted molar refractivity (Wildman–Crippen MR) is 60.8 cm³/mol. The maximum Gasteiger partial charge on any atom is 0.0911 e. The van der Waals surface area contributed by atoms with E-state index in [2.05, 4.69) is 9.97 Å². The van der Waals surface area contributed by atoms with E-state index in [9.17, 15) is 0 Å². The maximum absolute atomic E-state index is 9.10. The zero-order valence-corrected chi connectivity index (χ0v) is 10.0. The first kappa shape index (κ1) is 12.0. The van der Waals surface area contributed by atoms with Gasteiger partial charge in [-0.3, -0.25) is 9.97 Å². The van der Waals surface area contributed by atoms with Gasteiger partial charge in [0.05, 0.1) is 61.4 Å². The average molecular weight is 252 g/mol. The molecule has 1 aromatic heterocycles. The molecule has 1 aromatic rings. The van der Waals surface area contributed by atoms with Gasteiger partial charge in [0.1, 0.15) is 0 Å². The van der Waals surface area contributed by atoms with E-state index in [1.54, 1.807) is 0 Å². The molecule has 6 heteroatoms. The van der Waals surface area contributed by atoms with Crippen LogP contribution in [0.1, 0.15) is 22.8 Å². The van der Waals surface area contributed by atoms with Crippen molar-refractivity contribution in [3.05, 3.63) is 22.8 Å². The SMILES string of the molecule is OC[C@@H]1Cc2nc3c(nc2CO1)C[C@@H](CO)OC3. The molecule has 3 heterocycles. The number of aliphatic hydroxyl groups excluding tert-OH is 2. The molecule has 3 rings (SSSR count). The average Bonchev–Trinajstić information content (AvgIpc) is 2.43. The van der Waals surface area contributed by atoms with E-state index < -0.39 is 0 Å². The standard InChI is InChI=1S/C12H16N2O4/c15-3-7-1-9-11(5-17-7)14-10-2-8(4-16)18-6-12(10)13-9/h7-8,15-16H,1-6H2/t7-,8-/m0/s1. The molecule has 2 N–H and O–H groups in total. The van der Waals surface area contributed by atoms with Crippen molar-refractivity contribution in [1.29, 1.82) is 0 Å². The monoisotopic (exact) mass is 252 g/mol. The van der Waals surface area contributed by atoms with E-state index in [0.29, 0.717) is 26.1 Å². The van der Waals surface area contributed by atoms with Crippen molar-refractivity contribution in [3.63, 3.8) is 0 Å². The molecule has 98 valence electrons. The summed E-state index contributed by atoms with van der Waals surface area (Å²) in [6.45, 7) is 0.791. The highest BCUT2D eigenvalue weighted by molar-refractivity contribution is 5.23. The van der Waals surface area contributed by atoms with Gasteiger partial charge in [-0.2, -0.15) is 0 Å². The fourth-order valence-electron chi connectivity index (χ4n) is 2.32. The molecule has 0 aliphatic carbocycles. The van der Waals surface area contributed by atoms with Crippen molar-refractivity contribution in [1.82, 2.24) is 9.97 Å². The Hall–Kier alpha value is -1.08. The minimum Gasteiger partial charge on any atom is -0.394 e. The Kier molecular flexibility index (Phi) is 3.25. The molecule has 2 atom stereocenters.